The zero-order valence-electron chi connectivity index (χ0n) is 15.0. The number of hydrogen-bond donors (Lipinski definition) is 1. The van der Waals surface area contributed by atoms with Crippen molar-refractivity contribution < 1.29 is 9.53 Å². The van der Waals surface area contributed by atoms with Crippen LogP contribution in [-0.2, 0) is 4.79 Å². The van der Waals surface area contributed by atoms with Crippen LogP contribution in [0.3, 0.4) is 0 Å². The van der Waals surface area contributed by atoms with E-state index in [2.05, 4.69) is 31.3 Å². The van der Waals surface area contributed by atoms with E-state index in [1.165, 1.54) is 0 Å². The second-order valence-electron chi connectivity index (χ2n) is 6.68. The molecule has 2 aromatic carbocycles. The normalized spacial score (nSPS) is 13.4. The third-order valence-electron chi connectivity index (χ3n) is 3.90. The van der Waals surface area contributed by atoms with Crippen molar-refractivity contribution in [3.05, 3.63) is 65.7 Å². The molecule has 2 aromatic rings. The van der Waals surface area contributed by atoms with Crippen molar-refractivity contribution in [2.24, 2.45) is 5.92 Å². The summed E-state index contributed by atoms with van der Waals surface area (Å²) in [5.41, 5.74) is 2.24. The van der Waals surface area contributed by atoms with Gasteiger partial charge in [-0.05, 0) is 49.4 Å². The number of carbonyl (C=O) groups is 1. The Morgan fingerprint density at radius 1 is 1.04 bits per heavy atom. The van der Waals surface area contributed by atoms with Gasteiger partial charge in [-0.3, -0.25) is 4.79 Å². The van der Waals surface area contributed by atoms with Crippen molar-refractivity contribution in [3.8, 4) is 5.75 Å². The number of ether oxygens (including phenoxy) is 1. The largest absolute Gasteiger partial charge is 0.481 e. The molecule has 0 aliphatic carbocycles. The Balaban J connectivity index is 2.03. The first-order valence-corrected chi connectivity index (χ1v) is 8.54. The Morgan fingerprint density at radius 2 is 1.75 bits per heavy atom. The first-order chi connectivity index (χ1) is 11.5. The molecule has 0 bridgehead atoms. The summed E-state index contributed by atoms with van der Waals surface area (Å²) in [6, 6.07) is 17.9. The van der Waals surface area contributed by atoms with Gasteiger partial charge in [-0.1, -0.05) is 56.3 Å². The van der Waals surface area contributed by atoms with Gasteiger partial charge in [-0.15, -0.1) is 0 Å². The van der Waals surface area contributed by atoms with Crippen LogP contribution in [0.15, 0.2) is 54.6 Å². The van der Waals surface area contributed by atoms with E-state index in [9.17, 15) is 4.79 Å². The smallest absolute Gasteiger partial charge is 0.261 e. The third kappa shape index (κ3) is 5.41. The highest BCUT2D eigenvalue weighted by Crippen LogP contribution is 2.22. The van der Waals surface area contributed by atoms with Gasteiger partial charge < -0.3 is 10.1 Å². The summed E-state index contributed by atoms with van der Waals surface area (Å²) in [6.07, 6.45) is 0.359. The summed E-state index contributed by atoms with van der Waals surface area (Å²) in [5, 5.41) is 3.14. The molecule has 1 N–H and O–H groups in total. The topological polar surface area (TPSA) is 38.3 Å². The van der Waals surface area contributed by atoms with E-state index in [1.807, 2.05) is 49.4 Å². The molecule has 128 valence electrons. The molecule has 0 radical (unpaired) electrons. The molecule has 24 heavy (non-hydrogen) atoms. The molecule has 0 saturated heterocycles. The molecule has 0 aliphatic heterocycles. The van der Waals surface area contributed by atoms with Crippen molar-refractivity contribution in [2.75, 3.05) is 0 Å². The zero-order chi connectivity index (χ0) is 17.5. The van der Waals surface area contributed by atoms with Crippen molar-refractivity contribution in [2.45, 2.75) is 46.3 Å². The van der Waals surface area contributed by atoms with Gasteiger partial charge in [0, 0.05) is 0 Å². The predicted octanol–water partition coefficient (Wildman–Crippen LogP) is 4.67. The molecule has 0 spiro atoms. The lowest BCUT2D eigenvalue weighted by Gasteiger charge is -2.23. The molecule has 0 aromatic heterocycles. The van der Waals surface area contributed by atoms with Crippen molar-refractivity contribution in [3.63, 3.8) is 0 Å². The lowest BCUT2D eigenvalue weighted by molar-refractivity contribution is -0.128. The van der Waals surface area contributed by atoms with Gasteiger partial charge in [0.25, 0.3) is 5.91 Å². The Bertz CT molecular complexity index is 652. The first kappa shape index (κ1) is 18.1. The number of carbonyl (C=O) groups excluding carboxylic acids is 1. The first-order valence-electron chi connectivity index (χ1n) is 8.54. The molecule has 1 amide bonds. The summed E-state index contributed by atoms with van der Waals surface area (Å²) in [5.74, 6) is 1.12. The zero-order valence-corrected chi connectivity index (χ0v) is 15.0. The molecule has 0 heterocycles. The summed E-state index contributed by atoms with van der Waals surface area (Å²) in [6.45, 7) is 8.12. The van der Waals surface area contributed by atoms with Crippen LogP contribution >= 0.6 is 0 Å². The highest BCUT2D eigenvalue weighted by atomic mass is 16.5. The van der Waals surface area contributed by atoms with E-state index in [1.54, 1.807) is 6.92 Å². The molecular formula is C21H27NO2. The minimum Gasteiger partial charge on any atom is -0.481 e. The molecule has 0 aliphatic rings. The number of rotatable bonds is 7. The maximum Gasteiger partial charge on any atom is 0.261 e. The predicted molar refractivity (Wildman–Crippen MR) is 98.0 cm³/mol. The third-order valence-corrected chi connectivity index (χ3v) is 3.90. The van der Waals surface area contributed by atoms with Crippen LogP contribution in [0.2, 0.25) is 0 Å². The highest BCUT2D eigenvalue weighted by Gasteiger charge is 2.21. The summed E-state index contributed by atoms with van der Waals surface area (Å²) < 4.78 is 5.79. The summed E-state index contributed by atoms with van der Waals surface area (Å²) in [7, 11) is 0. The standard InChI is InChI=1S/C21H27NO2/c1-15(2)13-20(18-10-6-5-7-11-18)22-21(23)17(4)24-19-12-8-9-16(3)14-19/h5-12,14-15,17,20H,13H2,1-4H3,(H,22,23)/t17-,20+/m0/s1. The number of aryl methyl sites for hydroxylation is 1. The van der Waals surface area contributed by atoms with E-state index in [0.29, 0.717) is 5.92 Å². The van der Waals surface area contributed by atoms with Gasteiger partial charge in [0.2, 0.25) is 0 Å². The van der Waals surface area contributed by atoms with E-state index in [-0.39, 0.29) is 11.9 Å². The number of benzene rings is 2. The molecule has 0 saturated carbocycles. The van der Waals surface area contributed by atoms with Crippen LogP contribution in [0, 0.1) is 12.8 Å². The van der Waals surface area contributed by atoms with E-state index in [4.69, 9.17) is 4.74 Å². The Morgan fingerprint density at radius 3 is 2.38 bits per heavy atom. The quantitative estimate of drug-likeness (QED) is 0.803. The lowest BCUT2D eigenvalue weighted by atomic mass is 9.97. The molecule has 2 rings (SSSR count). The van der Waals surface area contributed by atoms with Crippen LogP contribution in [0.5, 0.6) is 5.75 Å². The SMILES string of the molecule is Cc1cccc(O[C@@H](C)C(=O)N[C@H](CC(C)C)c2ccccc2)c1. The summed E-state index contributed by atoms with van der Waals surface area (Å²) in [4.78, 5) is 12.6. The molecule has 2 atom stereocenters. The highest BCUT2D eigenvalue weighted by molar-refractivity contribution is 5.81. The van der Waals surface area contributed by atoms with Crippen LogP contribution in [0.1, 0.15) is 44.4 Å². The minimum atomic E-state index is -0.537. The van der Waals surface area contributed by atoms with Gasteiger partial charge in [0.15, 0.2) is 6.10 Å². The average molecular weight is 325 g/mol. The maximum atomic E-state index is 12.6. The number of amides is 1. The molecule has 3 heteroatoms. The maximum absolute atomic E-state index is 12.6. The number of hydrogen-bond acceptors (Lipinski definition) is 2. The van der Waals surface area contributed by atoms with Crippen molar-refractivity contribution in [1.82, 2.24) is 5.32 Å². The molecule has 3 nitrogen and oxygen atoms in total. The average Bonchev–Trinajstić information content (AvgIpc) is 2.54. The van der Waals surface area contributed by atoms with E-state index < -0.39 is 6.10 Å². The Labute approximate surface area is 145 Å². The van der Waals surface area contributed by atoms with Crippen LogP contribution in [-0.4, -0.2) is 12.0 Å². The summed E-state index contributed by atoms with van der Waals surface area (Å²) >= 11 is 0. The van der Waals surface area contributed by atoms with Crippen molar-refractivity contribution in [1.29, 1.82) is 0 Å². The van der Waals surface area contributed by atoms with Crippen LogP contribution in [0.4, 0.5) is 0 Å². The van der Waals surface area contributed by atoms with Crippen LogP contribution in [0.25, 0.3) is 0 Å². The second-order valence-corrected chi connectivity index (χ2v) is 6.68. The van der Waals surface area contributed by atoms with E-state index in [0.717, 1.165) is 23.3 Å². The Hall–Kier alpha value is -2.29. The van der Waals surface area contributed by atoms with Gasteiger partial charge in [0.1, 0.15) is 5.75 Å². The minimum absolute atomic E-state index is 0.00209. The molecule has 0 unspecified atom stereocenters. The van der Waals surface area contributed by atoms with Gasteiger partial charge in [0.05, 0.1) is 6.04 Å². The fourth-order valence-corrected chi connectivity index (χ4v) is 2.67. The van der Waals surface area contributed by atoms with E-state index >= 15 is 0 Å². The van der Waals surface area contributed by atoms with Gasteiger partial charge in [-0.2, -0.15) is 0 Å². The Kier molecular flexibility index (Phi) is 6.42. The second kappa shape index (κ2) is 8.53. The van der Waals surface area contributed by atoms with Gasteiger partial charge in [-0.25, -0.2) is 0 Å². The van der Waals surface area contributed by atoms with Crippen molar-refractivity contribution >= 4 is 5.91 Å². The fraction of sp³-hybridized carbons (Fsp3) is 0.381. The molecular weight excluding hydrogens is 298 g/mol. The number of nitrogens with one attached hydrogen (secondary N) is 1. The van der Waals surface area contributed by atoms with Crippen LogP contribution < -0.4 is 10.1 Å². The lowest BCUT2D eigenvalue weighted by Crippen LogP contribution is -2.39. The molecule has 0 fully saturated rings. The monoisotopic (exact) mass is 325 g/mol. The van der Waals surface area contributed by atoms with Gasteiger partial charge >= 0.3 is 0 Å². The fourth-order valence-electron chi connectivity index (χ4n) is 2.67.